The van der Waals surface area contributed by atoms with Gasteiger partial charge in [-0.3, -0.25) is 9.89 Å². The molecule has 2 heterocycles. The van der Waals surface area contributed by atoms with Crippen LogP contribution in [0.3, 0.4) is 0 Å². The van der Waals surface area contributed by atoms with Crippen molar-refractivity contribution in [3.8, 4) is 0 Å². The molecule has 1 N–H and O–H groups in total. The number of hydrogen-bond donors (Lipinski definition) is 1. The Labute approximate surface area is 146 Å². The van der Waals surface area contributed by atoms with E-state index in [2.05, 4.69) is 58.2 Å². The molecule has 0 aliphatic carbocycles. The normalized spacial score (nSPS) is 23.7. The summed E-state index contributed by atoms with van der Waals surface area (Å²) >= 11 is 0. The number of benzene rings is 1. The first-order valence-electron chi connectivity index (χ1n) is 9.43. The van der Waals surface area contributed by atoms with Crippen molar-refractivity contribution in [2.75, 3.05) is 39.8 Å². The number of guanidine groups is 1. The van der Waals surface area contributed by atoms with Crippen LogP contribution in [-0.4, -0.2) is 61.6 Å². The first-order chi connectivity index (χ1) is 11.7. The summed E-state index contributed by atoms with van der Waals surface area (Å²) in [6, 6.07) is 9.54. The van der Waals surface area contributed by atoms with Gasteiger partial charge in [0.1, 0.15) is 0 Å². The number of likely N-dealkylation sites (tertiary alicyclic amines) is 2. The van der Waals surface area contributed by atoms with Crippen LogP contribution in [-0.2, 0) is 0 Å². The van der Waals surface area contributed by atoms with Crippen molar-refractivity contribution in [2.45, 2.75) is 45.1 Å². The van der Waals surface area contributed by atoms with Crippen LogP contribution in [0.5, 0.6) is 0 Å². The van der Waals surface area contributed by atoms with Gasteiger partial charge in [-0.25, -0.2) is 0 Å². The molecule has 2 atom stereocenters. The Morgan fingerprint density at radius 2 is 2.08 bits per heavy atom. The molecule has 3 rings (SSSR count). The summed E-state index contributed by atoms with van der Waals surface area (Å²) in [5.74, 6) is 1.55. The molecule has 0 radical (unpaired) electrons. The van der Waals surface area contributed by atoms with Crippen molar-refractivity contribution >= 4 is 5.96 Å². The lowest BCUT2D eigenvalue weighted by Gasteiger charge is -2.26. The van der Waals surface area contributed by atoms with Crippen LogP contribution in [0.2, 0.25) is 0 Å². The van der Waals surface area contributed by atoms with Crippen molar-refractivity contribution in [2.24, 2.45) is 4.99 Å². The Morgan fingerprint density at radius 1 is 1.29 bits per heavy atom. The summed E-state index contributed by atoms with van der Waals surface area (Å²) < 4.78 is 0. The molecule has 0 spiro atoms. The number of aryl methyl sites for hydroxylation is 1. The largest absolute Gasteiger partial charge is 0.356 e. The minimum Gasteiger partial charge on any atom is -0.356 e. The van der Waals surface area contributed by atoms with Crippen molar-refractivity contribution < 1.29 is 0 Å². The number of nitrogens with zero attached hydrogens (tertiary/aromatic N) is 3. The molecule has 0 bridgehead atoms. The van der Waals surface area contributed by atoms with Gasteiger partial charge in [-0.15, -0.1) is 0 Å². The highest BCUT2D eigenvalue weighted by molar-refractivity contribution is 5.80. The first kappa shape index (κ1) is 17.3. The summed E-state index contributed by atoms with van der Waals surface area (Å²) in [7, 11) is 1.91. The Morgan fingerprint density at radius 3 is 2.79 bits per heavy atom. The van der Waals surface area contributed by atoms with E-state index in [1.165, 1.54) is 43.5 Å². The number of hydrogen-bond acceptors (Lipinski definition) is 2. The van der Waals surface area contributed by atoms with Crippen LogP contribution < -0.4 is 5.32 Å². The Bertz CT molecular complexity index is 563. The van der Waals surface area contributed by atoms with Crippen LogP contribution in [0.1, 0.15) is 43.2 Å². The first-order valence-corrected chi connectivity index (χ1v) is 9.43. The van der Waals surface area contributed by atoms with E-state index in [0.29, 0.717) is 5.92 Å². The zero-order valence-electron chi connectivity index (χ0n) is 15.5. The molecule has 2 aliphatic rings. The third-order valence-corrected chi connectivity index (χ3v) is 5.51. The summed E-state index contributed by atoms with van der Waals surface area (Å²) in [5.41, 5.74) is 2.73. The van der Waals surface area contributed by atoms with Crippen LogP contribution in [0.15, 0.2) is 29.3 Å². The Hall–Kier alpha value is -1.55. The van der Waals surface area contributed by atoms with Gasteiger partial charge in [0.25, 0.3) is 0 Å². The summed E-state index contributed by atoms with van der Waals surface area (Å²) in [6.45, 7) is 10.2. The highest BCUT2D eigenvalue weighted by Gasteiger charge is 2.30. The molecule has 1 aromatic carbocycles. The van der Waals surface area contributed by atoms with E-state index in [0.717, 1.165) is 31.6 Å². The zero-order chi connectivity index (χ0) is 16.9. The van der Waals surface area contributed by atoms with E-state index >= 15 is 0 Å². The molecule has 2 fully saturated rings. The number of aliphatic imine (C=N–C) groups is 1. The van der Waals surface area contributed by atoms with Crippen LogP contribution in [0, 0.1) is 6.92 Å². The molecule has 0 amide bonds. The minimum atomic E-state index is 0.485. The molecule has 4 heteroatoms. The van der Waals surface area contributed by atoms with Crippen molar-refractivity contribution in [1.82, 2.24) is 15.1 Å². The van der Waals surface area contributed by atoms with E-state index in [4.69, 9.17) is 0 Å². The van der Waals surface area contributed by atoms with Gasteiger partial charge in [0.05, 0.1) is 0 Å². The highest BCUT2D eigenvalue weighted by Crippen LogP contribution is 2.21. The molecular weight excluding hydrogens is 296 g/mol. The Kier molecular flexibility index (Phi) is 5.77. The van der Waals surface area contributed by atoms with E-state index < -0.39 is 0 Å². The van der Waals surface area contributed by atoms with Crippen LogP contribution in [0.25, 0.3) is 0 Å². The molecular formula is C20H32N4. The molecule has 1 aromatic rings. The second kappa shape index (κ2) is 8.02. The molecule has 2 unspecified atom stereocenters. The average molecular weight is 329 g/mol. The van der Waals surface area contributed by atoms with Gasteiger partial charge in [-0.1, -0.05) is 36.8 Å². The van der Waals surface area contributed by atoms with Crippen molar-refractivity contribution in [1.29, 1.82) is 0 Å². The molecule has 4 nitrogen and oxygen atoms in total. The zero-order valence-corrected chi connectivity index (χ0v) is 15.5. The summed E-state index contributed by atoms with van der Waals surface area (Å²) in [4.78, 5) is 9.63. The lowest BCUT2D eigenvalue weighted by Crippen LogP contribution is -2.43. The fraction of sp³-hybridized carbons (Fsp3) is 0.650. The highest BCUT2D eigenvalue weighted by atomic mass is 15.3. The third-order valence-electron chi connectivity index (χ3n) is 5.51. The fourth-order valence-electron chi connectivity index (χ4n) is 4.01. The van der Waals surface area contributed by atoms with E-state index in [1.807, 2.05) is 7.05 Å². The predicted octanol–water partition coefficient (Wildman–Crippen LogP) is 2.84. The maximum absolute atomic E-state index is 4.53. The number of nitrogens with one attached hydrogen (secondary N) is 1. The maximum atomic E-state index is 4.53. The Balaban J connectivity index is 1.52. The summed E-state index contributed by atoms with van der Waals surface area (Å²) in [6.07, 6.45) is 4.02. The topological polar surface area (TPSA) is 30.9 Å². The standard InChI is InChI=1S/C20H32N4/c1-16-7-6-8-18(13-16)17(2)14-22-20(21-3)24-12-9-19(15-24)23-10-4-5-11-23/h6-8,13,17,19H,4-5,9-12,14-15H2,1-3H3,(H,21,22). The second-order valence-corrected chi connectivity index (χ2v) is 7.37. The van der Waals surface area contributed by atoms with E-state index in [9.17, 15) is 0 Å². The second-order valence-electron chi connectivity index (χ2n) is 7.37. The molecule has 2 saturated heterocycles. The van der Waals surface area contributed by atoms with Crippen LogP contribution in [0.4, 0.5) is 0 Å². The van der Waals surface area contributed by atoms with Gasteiger partial charge in [0.15, 0.2) is 5.96 Å². The summed E-state index contributed by atoms with van der Waals surface area (Å²) in [5, 5.41) is 3.60. The number of rotatable bonds is 4. The van der Waals surface area contributed by atoms with Gasteiger partial charge in [-0.05, 0) is 50.8 Å². The molecule has 132 valence electrons. The van der Waals surface area contributed by atoms with E-state index in [-0.39, 0.29) is 0 Å². The SMILES string of the molecule is CN=C(NCC(C)c1cccc(C)c1)N1CCC(N2CCCC2)C1. The lowest BCUT2D eigenvalue weighted by atomic mass is 9.99. The lowest BCUT2D eigenvalue weighted by molar-refractivity contribution is 0.249. The maximum Gasteiger partial charge on any atom is 0.193 e. The van der Waals surface area contributed by atoms with Crippen molar-refractivity contribution in [3.05, 3.63) is 35.4 Å². The third kappa shape index (κ3) is 4.10. The molecule has 0 aromatic heterocycles. The van der Waals surface area contributed by atoms with Crippen LogP contribution >= 0.6 is 0 Å². The smallest absolute Gasteiger partial charge is 0.193 e. The molecule has 2 aliphatic heterocycles. The van der Waals surface area contributed by atoms with Gasteiger partial charge in [-0.2, -0.15) is 0 Å². The monoisotopic (exact) mass is 328 g/mol. The molecule has 0 saturated carbocycles. The predicted molar refractivity (Wildman–Crippen MR) is 102 cm³/mol. The van der Waals surface area contributed by atoms with Gasteiger partial charge < -0.3 is 10.2 Å². The van der Waals surface area contributed by atoms with Crippen molar-refractivity contribution in [3.63, 3.8) is 0 Å². The fourth-order valence-corrected chi connectivity index (χ4v) is 4.01. The average Bonchev–Trinajstić information content (AvgIpc) is 3.26. The van der Waals surface area contributed by atoms with E-state index in [1.54, 1.807) is 0 Å². The quantitative estimate of drug-likeness (QED) is 0.681. The minimum absolute atomic E-state index is 0.485. The molecule has 24 heavy (non-hydrogen) atoms. The van der Waals surface area contributed by atoms with Gasteiger partial charge in [0, 0.05) is 32.7 Å². The van der Waals surface area contributed by atoms with Gasteiger partial charge in [0.2, 0.25) is 0 Å². The van der Waals surface area contributed by atoms with Gasteiger partial charge >= 0.3 is 0 Å².